The van der Waals surface area contributed by atoms with Gasteiger partial charge in [0.25, 0.3) is 0 Å². The van der Waals surface area contributed by atoms with Gasteiger partial charge < -0.3 is 14.6 Å². The van der Waals surface area contributed by atoms with Crippen LogP contribution in [0, 0.1) is 17.8 Å². The molecule has 6 nitrogen and oxygen atoms in total. The monoisotopic (exact) mass is 390 g/mol. The SMILES string of the molecule is COC(=O)CC[C@H](C(=C=O)C=O)[C@@H](O)C[C@H](COCc1ccccc1)C(C)C. The molecule has 1 aromatic carbocycles. The van der Waals surface area contributed by atoms with Crippen molar-refractivity contribution in [3.05, 3.63) is 41.5 Å². The first-order valence-corrected chi connectivity index (χ1v) is 9.49. The fourth-order valence-electron chi connectivity index (χ4n) is 3.03. The number of methoxy groups -OCH3 is 1. The third-order valence-electron chi connectivity index (χ3n) is 4.93. The first-order chi connectivity index (χ1) is 13.4. The zero-order chi connectivity index (χ0) is 20.9. The number of hydrogen-bond acceptors (Lipinski definition) is 6. The van der Waals surface area contributed by atoms with Gasteiger partial charge in [0, 0.05) is 12.3 Å². The van der Waals surface area contributed by atoms with Gasteiger partial charge in [-0.2, -0.15) is 0 Å². The van der Waals surface area contributed by atoms with Crippen LogP contribution in [0.4, 0.5) is 0 Å². The van der Waals surface area contributed by atoms with Crippen LogP contribution >= 0.6 is 0 Å². The summed E-state index contributed by atoms with van der Waals surface area (Å²) >= 11 is 0. The van der Waals surface area contributed by atoms with Crippen molar-refractivity contribution in [1.29, 1.82) is 0 Å². The van der Waals surface area contributed by atoms with Crippen molar-refractivity contribution < 1.29 is 29.0 Å². The van der Waals surface area contributed by atoms with Crippen LogP contribution in [-0.2, 0) is 30.5 Å². The molecule has 1 N–H and O–H groups in total. The standard InChI is InChI=1S/C22H30O6/c1-16(2)18(15-28-14-17-7-5-4-6-8-17)11-21(25)20(19(12-23)13-24)9-10-22(26)27-3/h4-8,12,16,18,20-21,25H,9-11,14-15H2,1-3H3/t18-,20-,21+/m1/s1. The molecule has 0 aliphatic heterocycles. The van der Waals surface area contributed by atoms with Crippen LogP contribution in [0.25, 0.3) is 0 Å². The third-order valence-corrected chi connectivity index (χ3v) is 4.93. The van der Waals surface area contributed by atoms with E-state index in [4.69, 9.17) is 4.74 Å². The minimum atomic E-state index is -0.959. The molecule has 28 heavy (non-hydrogen) atoms. The fourth-order valence-corrected chi connectivity index (χ4v) is 3.03. The Bertz CT molecular complexity index is 648. The summed E-state index contributed by atoms with van der Waals surface area (Å²) in [5, 5.41) is 10.7. The lowest BCUT2D eigenvalue weighted by molar-refractivity contribution is -0.141. The van der Waals surface area contributed by atoms with Gasteiger partial charge in [0.15, 0.2) is 6.29 Å². The molecule has 0 saturated heterocycles. The summed E-state index contributed by atoms with van der Waals surface area (Å²) < 4.78 is 10.4. The van der Waals surface area contributed by atoms with Crippen molar-refractivity contribution in [2.45, 2.75) is 45.8 Å². The number of carbonyl (C=O) groups excluding carboxylic acids is 3. The molecule has 0 bridgehead atoms. The van der Waals surface area contributed by atoms with Crippen molar-refractivity contribution in [2.24, 2.45) is 17.8 Å². The van der Waals surface area contributed by atoms with Crippen LogP contribution in [0.5, 0.6) is 0 Å². The smallest absolute Gasteiger partial charge is 0.305 e. The molecule has 0 saturated carbocycles. The normalized spacial score (nSPS) is 14.0. The van der Waals surface area contributed by atoms with Gasteiger partial charge in [-0.3, -0.25) is 9.59 Å². The number of rotatable bonds is 13. The Kier molecular flexibility index (Phi) is 11.0. The molecule has 1 aromatic rings. The predicted octanol–water partition coefficient (Wildman–Crippen LogP) is 2.75. The summed E-state index contributed by atoms with van der Waals surface area (Å²) in [6, 6.07) is 9.79. The number of esters is 1. The van der Waals surface area contributed by atoms with Crippen molar-refractivity contribution in [3.8, 4) is 0 Å². The summed E-state index contributed by atoms with van der Waals surface area (Å²) in [4.78, 5) is 33.7. The molecule has 0 amide bonds. The molecule has 0 aromatic heterocycles. The van der Waals surface area contributed by atoms with E-state index in [1.807, 2.05) is 44.2 Å². The average molecular weight is 390 g/mol. The molecule has 6 heteroatoms. The maximum absolute atomic E-state index is 11.4. The molecule has 0 aliphatic carbocycles. The highest BCUT2D eigenvalue weighted by atomic mass is 16.5. The number of benzene rings is 1. The van der Waals surface area contributed by atoms with Gasteiger partial charge in [0.1, 0.15) is 5.94 Å². The quantitative estimate of drug-likeness (QED) is 0.241. The summed E-state index contributed by atoms with van der Waals surface area (Å²) in [5.41, 5.74) is 0.901. The Labute approximate surface area is 166 Å². The lowest BCUT2D eigenvalue weighted by Crippen LogP contribution is -2.30. The van der Waals surface area contributed by atoms with Crippen molar-refractivity contribution in [2.75, 3.05) is 13.7 Å². The number of aldehydes is 1. The van der Waals surface area contributed by atoms with E-state index >= 15 is 0 Å². The molecule has 0 heterocycles. The van der Waals surface area contributed by atoms with Crippen molar-refractivity contribution in [3.63, 3.8) is 0 Å². The minimum Gasteiger partial charge on any atom is -0.469 e. The molecule has 0 radical (unpaired) electrons. The Hall–Kier alpha value is -2.27. The Morgan fingerprint density at radius 2 is 1.93 bits per heavy atom. The minimum absolute atomic E-state index is 0.00803. The Morgan fingerprint density at radius 3 is 2.46 bits per heavy atom. The largest absolute Gasteiger partial charge is 0.469 e. The zero-order valence-electron chi connectivity index (χ0n) is 16.8. The number of hydrogen-bond donors (Lipinski definition) is 1. The van der Waals surface area contributed by atoms with E-state index in [9.17, 15) is 19.5 Å². The zero-order valence-corrected chi connectivity index (χ0v) is 16.8. The van der Waals surface area contributed by atoms with Gasteiger partial charge in [0.05, 0.1) is 32.0 Å². The fraction of sp³-hybridized carbons (Fsp3) is 0.545. The van der Waals surface area contributed by atoms with E-state index in [0.717, 1.165) is 5.56 Å². The predicted molar refractivity (Wildman–Crippen MR) is 105 cm³/mol. The molecule has 0 aliphatic rings. The molecule has 0 unspecified atom stereocenters. The molecule has 0 fully saturated rings. The van der Waals surface area contributed by atoms with Gasteiger partial charge in [0.2, 0.25) is 0 Å². The molecular formula is C22H30O6. The average Bonchev–Trinajstić information content (AvgIpc) is 2.70. The van der Waals surface area contributed by atoms with E-state index in [2.05, 4.69) is 4.74 Å². The lowest BCUT2D eigenvalue weighted by atomic mass is 9.82. The van der Waals surface area contributed by atoms with E-state index in [1.165, 1.54) is 7.11 Å². The highest BCUT2D eigenvalue weighted by Gasteiger charge is 2.29. The van der Waals surface area contributed by atoms with E-state index < -0.39 is 18.0 Å². The van der Waals surface area contributed by atoms with Crippen molar-refractivity contribution >= 4 is 18.2 Å². The molecular weight excluding hydrogens is 360 g/mol. The van der Waals surface area contributed by atoms with Gasteiger partial charge in [-0.25, -0.2) is 4.79 Å². The lowest BCUT2D eigenvalue weighted by Gasteiger charge is -2.28. The van der Waals surface area contributed by atoms with Gasteiger partial charge in [-0.05, 0) is 30.2 Å². The first kappa shape index (κ1) is 23.8. The van der Waals surface area contributed by atoms with Crippen LogP contribution in [-0.4, -0.2) is 43.1 Å². The van der Waals surface area contributed by atoms with Crippen molar-refractivity contribution in [1.82, 2.24) is 0 Å². The van der Waals surface area contributed by atoms with Crippen LogP contribution < -0.4 is 0 Å². The molecule has 0 spiro atoms. The second kappa shape index (κ2) is 13.0. The Morgan fingerprint density at radius 1 is 1.25 bits per heavy atom. The molecule has 1 rings (SSSR count). The number of aliphatic hydroxyl groups excluding tert-OH is 1. The van der Waals surface area contributed by atoms with E-state index in [1.54, 1.807) is 5.94 Å². The van der Waals surface area contributed by atoms with Crippen LogP contribution in [0.15, 0.2) is 35.9 Å². The summed E-state index contributed by atoms with van der Waals surface area (Å²) in [6.45, 7) is 4.97. The highest BCUT2D eigenvalue weighted by molar-refractivity contribution is 5.86. The topological polar surface area (TPSA) is 89.9 Å². The second-order valence-corrected chi connectivity index (χ2v) is 7.20. The summed E-state index contributed by atoms with van der Waals surface area (Å²) in [7, 11) is 1.27. The van der Waals surface area contributed by atoms with E-state index in [0.29, 0.717) is 25.9 Å². The van der Waals surface area contributed by atoms with Crippen LogP contribution in [0.3, 0.4) is 0 Å². The second-order valence-electron chi connectivity index (χ2n) is 7.20. The summed E-state index contributed by atoms with van der Waals surface area (Å²) in [6.07, 6.45) is -0.0637. The third kappa shape index (κ3) is 8.17. The number of carbonyl (C=O) groups is 2. The maximum Gasteiger partial charge on any atom is 0.305 e. The van der Waals surface area contributed by atoms with Gasteiger partial charge in [-0.15, -0.1) is 0 Å². The molecule has 154 valence electrons. The van der Waals surface area contributed by atoms with Gasteiger partial charge in [-0.1, -0.05) is 44.2 Å². The summed E-state index contributed by atoms with van der Waals surface area (Å²) in [5.74, 6) is 0.634. The maximum atomic E-state index is 11.4. The first-order valence-electron chi connectivity index (χ1n) is 9.49. The molecule has 3 atom stereocenters. The number of ether oxygens (including phenoxy) is 2. The number of aliphatic hydroxyl groups is 1. The van der Waals surface area contributed by atoms with Crippen LogP contribution in [0.2, 0.25) is 0 Å². The van der Waals surface area contributed by atoms with Gasteiger partial charge >= 0.3 is 5.97 Å². The Balaban J connectivity index is 2.72. The van der Waals surface area contributed by atoms with E-state index in [-0.39, 0.29) is 30.3 Å². The van der Waals surface area contributed by atoms with Crippen LogP contribution in [0.1, 0.15) is 38.7 Å². The highest BCUT2D eigenvalue weighted by Crippen LogP contribution is 2.27.